The first-order valence-corrected chi connectivity index (χ1v) is 12.1. The molecule has 11 nitrogen and oxygen atoms in total. The third-order valence-electron chi connectivity index (χ3n) is 5.22. The van der Waals surface area contributed by atoms with Crippen LogP contribution in [0.15, 0.2) is 48.5 Å². The first kappa shape index (κ1) is 22.8. The van der Waals surface area contributed by atoms with Gasteiger partial charge in [-0.2, -0.15) is 10.4 Å². The summed E-state index contributed by atoms with van der Waals surface area (Å²) in [4.78, 5) is 26.7. The van der Waals surface area contributed by atoms with Gasteiger partial charge in [0.2, 0.25) is 10.0 Å². The lowest BCUT2D eigenvalue weighted by atomic mass is 10.0. The standard InChI is InChI=1S/C22H21N7O4S/c1-34(32,33)27-17-4-2-3-15(11-17)20-19(21(24)30)18-13-28(9-10-29(18)26-20)22(31)25-16-7-5-14(12-23)6-8-16/h2-8,11,27H,9-10,13H2,1H3,(H2,24,30)(H,25,31). The Hall–Kier alpha value is -4.37. The molecular formula is C22H21N7O4S. The van der Waals surface area contributed by atoms with Gasteiger partial charge in [-0.15, -0.1) is 0 Å². The molecule has 4 rings (SSSR count). The molecule has 2 aromatic carbocycles. The minimum atomic E-state index is -3.49. The van der Waals surface area contributed by atoms with Crippen molar-refractivity contribution in [1.29, 1.82) is 5.26 Å². The molecule has 0 aliphatic carbocycles. The van der Waals surface area contributed by atoms with Crippen molar-refractivity contribution in [1.82, 2.24) is 14.7 Å². The summed E-state index contributed by atoms with van der Waals surface area (Å²) >= 11 is 0. The van der Waals surface area contributed by atoms with E-state index in [1.165, 1.54) is 4.90 Å². The van der Waals surface area contributed by atoms with Crippen LogP contribution in [0, 0.1) is 11.3 Å². The molecule has 0 spiro atoms. The van der Waals surface area contributed by atoms with Gasteiger partial charge in [0.05, 0.1) is 42.2 Å². The molecule has 0 saturated carbocycles. The van der Waals surface area contributed by atoms with Crippen molar-refractivity contribution in [2.45, 2.75) is 13.1 Å². The minimum Gasteiger partial charge on any atom is -0.365 e. The van der Waals surface area contributed by atoms with Crippen LogP contribution in [0.2, 0.25) is 0 Å². The van der Waals surface area contributed by atoms with Gasteiger partial charge in [0.15, 0.2) is 0 Å². The Morgan fingerprint density at radius 2 is 1.85 bits per heavy atom. The van der Waals surface area contributed by atoms with E-state index in [1.54, 1.807) is 53.2 Å². The van der Waals surface area contributed by atoms with Crippen molar-refractivity contribution in [3.63, 3.8) is 0 Å². The number of anilines is 2. The van der Waals surface area contributed by atoms with E-state index in [2.05, 4.69) is 15.1 Å². The second kappa shape index (κ2) is 8.87. The van der Waals surface area contributed by atoms with E-state index in [4.69, 9.17) is 11.0 Å². The van der Waals surface area contributed by atoms with Crippen LogP contribution in [0.3, 0.4) is 0 Å². The number of fused-ring (bicyclic) bond motifs is 1. The number of nitrogens with one attached hydrogen (secondary N) is 2. The van der Waals surface area contributed by atoms with Crippen LogP contribution in [0.5, 0.6) is 0 Å². The number of urea groups is 1. The summed E-state index contributed by atoms with van der Waals surface area (Å²) in [5.74, 6) is -0.702. The highest BCUT2D eigenvalue weighted by molar-refractivity contribution is 7.92. The van der Waals surface area contributed by atoms with Crippen LogP contribution < -0.4 is 15.8 Å². The van der Waals surface area contributed by atoms with Crippen LogP contribution in [0.1, 0.15) is 21.6 Å². The van der Waals surface area contributed by atoms with Gasteiger partial charge in [-0.1, -0.05) is 12.1 Å². The molecule has 2 heterocycles. The Bertz CT molecular complexity index is 1420. The van der Waals surface area contributed by atoms with Gasteiger partial charge < -0.3 is 16.0 Å². The summed E-state index contributed by atoms with van der Waals surface area (Å²) in [6.07, 6.45) is 1.04. The van der Waals surface area contributed by atoms with E-state index in [1.807, 2.05) is 6.07 Å². The molecule has 12 heteroatoms. The molecular weight excluding hydrogens is 458 g/mol. The molecule has 174 valence electrons. The van der Waals surface area contributed by atoms with Crippen molar-refractivity contribution < 1.29 is 18.0 Å². The van der Waals surface area contributed by atoms with Crippen molar-refractivity contribution in [3.05, 3.63) is 65.4 Å². The predicted octanol–water partition coefficient (Wildman–Crippen LogP) is 1.94. The lowest BCUT2D eigenvalue weighted by Gasteiger charge is -2.28. The summed E-state index contributed by atoms with van der Waals surface area (Å²) in [5, 5.41) is 16.2. The van der Waals surface area contributed by atoms with E-state index in [0.717, 1.165) is 6.26 Å². The third kappa shape index (κ3) is 4.84. The largest absolute Gasteiger partial charge is 0.365 e. The maximum absolute atomic E-state index is 12.8. The zero-order valence-corrected chi connectivity index (χ0v) is 19.0. The summed E-state index contributed by atoms with van der Waals surface area (Å²) in [5.41, 5.74) is 8.51. The molecule has 3 aromatic rings. The highest BCUT2D eigenvalue weighted by atomic mass is 32.2. The first-order chi connectivity index (χ1) is 16.1. The quantitative estimate of drug-likeness (QED) is 0.506. The SMILES string of the molecule is CS(=O)(=O)Nc1cccc(-c2nn3c(c2C(N)=O)CN(C(=O)Nc2ccc(C#N)cc2)CC3)c1. The summed E-state index contributed by atoms with van der Waals surface area (Å²) in [7, 11) is -3.49. The van der Waals surface area contributed by atoms with E-state index in [0.29, 0.717) is 47.0 Å². The number of hydrogen-bond donors (Lipinski definition) is 3. The third-order valence-corrected chi connectivity index (χ3v) is 5.82. The average Bonchev–Trinajstić information content (AvgIpc) is 3.18. The first-order valence-electron chi connectivity index (χ1n) is 10.2. The number of sulfonamides is 1. The smallest absolute Gasteiger partial charge is 0.322 e. The Labute approximate surface area is 195 Å². The number of rotatable bonds is 5. The van der Waals surface area contributed by atoms with E-state index >= 15 is 0 Å². The molecule has 0 unspecified atom stereocenters. The molecule has 3 amide bonds. The highest BCUT2D eigenvalue weighted by Gasteiger charge is 2.29. The summed E-state index contributed by atoms with van der Waals surface area (Å²) in [6, 6.07) is 14.6. The minimum absolute atomic E-state index is 0.106. The van der Waals surface area contributed by atoms with Crippen molar-refractivity contribution >= 4 is 33.3 Å². The Morgan fingerprint density at radius 1 is 1.12 bits per heavy atom. The predicted molar refractivity (Wildman–Crippen MR) is 125 cm³/mol. The maximum atomic E-state index is 12.8. The molecule has 0 saturated heterocycles. The van der Waals surface area contributed by atoms with Crippen molar-refractivity contribution in [2.75, 3.05) is 22.8 Å². The van der Waals surface area contributed by atoms with Gasteiger partial charge in [-0.25, -0.2) is 13.2 Å². The lowest BCUT2D eigenvalue weighted by Crippen LogP contribution is -2.41. The topological polar surface area (TPSA) is 163 Å². The molecule has 1 aliphatic heterocycles. The van der Waals surface area contributed by atoms with E-state index in [9.17, 15) is 18.0 Å². The van der Waals surface area contributed by atoms with Gasteiger partial charge in [0.1, 0.15) is 5.69 Å². The van der Waals surface area contributed by atoms with Gasteiger partial charge in [0, 0.05) is 23.5 Å². The Balaban J connectivity index is 1.61. The lowest BCUT2D eigenvalue weighted by molar-refractivity contribution is 0.0997. The molecule has 0 fully saturated rings. The van der Waals surface area contributed by atoms with Crippen LogP contribution in [-0.2, 0) is 23.1 Å². The van der Waals surface area contributed by atoms with Crippen molar-refractivity contribution in [3.8, 4) is 17.3 Å². The van der Waals surface area contributed by atoms with Crippen LogP contribution >= 0.6 is 0 Å². The van der Waals surface area contributed by atoms with E-state index in [-0.39, 0.29) is 18.1 Å². The number of nitriles is 1. The molecule has 1 aliphatic rings. The van der Waals surface area contributed by atoms with Crippen LogP contribution in [0.25, 0.3) is 11.3 Å². The molecule has 1 aromatic heterocycles. The number of benzene rings is 2. The summed E-state index contributed by atoms with van der Waals surface area (Å²) in [6.45, 7) is 0.802. The van der Waals surface area contributed by atoms with Gasteiger partial charge in [-0.05, 0) is 36.4 Å². The number of carbonyl (C=O) groups is 2. The fraction of sp³-hybridized carbons (Fsp3) is 0.182. The fourth-order valence-corrected chi connectivity index (χ4v) is 4.28. The molecule has 4 N–H and O–H groups in total. The second-order valence-corrected chi connectivity index (χ2v) is 9.50. The van der Waals surface area contributed by atoms with Gasteiger partial charge >= 0.3 is 6.03 Å². The molecule has 34 heavy (non-hydrogen) atoms. The molecule has 0 atom stereocenters. The monoisotopic (exact) mass is 479 g/mol. The number of aromatic nitrogens is 2. The summed E-state index contributed by atoms with van der Waals surface area (Å²) < 4.78 is 27.2. The van der Waals surface area contributed by atoms with Gasteiger partial charge in [-0.3, -0.25) is 14.2 Å². The number of nitrogens with two attached hydrogens (primary N) is 1. The van der Waals surface area contributed by atoms with Gasteiger partial charge in [0.25, 0.3) is 5.91 Å². The highest BCUT2D eigenvalue weighted by Crippen LogP contribution is 2.30. The second-order valence-electron chi connectivity index (χ2n) is 7.75. The number of amides is 3. The zero-order chi connectivity index (χ0) is 24.5. The van der Waals surface area contributed by atoms with Crippen LogP contribution in [0.4, 0.5) is 16.2 Å². The normalized spacial score (nSPS) is 13.0. The van der Waals surface area contributed by atoms with Crippen molar-refractivity contribution in [2.24, 2.45) is 5.73 Å². The number of hydrogen-bond acceptors (Lipinski definition) is 6. The van der Waals surface area contributed by atoms with Crippen LogP contribution in [-0.4, -0.2) is 47.8 Å². The number of nitrogens with zero attached hydrogens (tertiary/aromatic N) is 4. The molecule has 0 radical (unpaired) electrons. The Morgan fingerprint density at radius 3 is 2.50 bits per heavy atom. The average molecular weight is 480 g/mol. The maximum Gasteiger partial charge on any atom is 0.322 e. The number of carbonyl (C=O) groups excluding carboxylic acids is 2. The number of primary amides is 1. The zero-order valence-electron chi connectivity index (χ0n) is 18.1. The fourth-order valence-electron chi connectivity index (χ4n) is 3.73. The van der Waals surface area contributed by atoms with E-state index < -0.39 is 15.9 Å². The Kier molecular flexibility index (Phi) is 5.95. The molecule has 0 bridgehead atoms.